The number of amidine groups is 1. The van der Waals surface area contributed by atoms with Crippen molar-refractivity contribution in [2.45, 2.75) is 6.36 Å². The van der Waals surface area contributed by atoms with Crippen LogP contribution in [-0.2, 0) is 7.05 Å². The molecule has 7 nitrogen and oxygen atoms in total. The second kappa shape index (κ2) is 6.47. The first-order chi connectivity index (χ1) is 12.3. The SMILES string of the molecule is Cn1nc(C(N)=Nc2ccc(OC(F)(F)F)cc2)c2ccc(C=O)nc21. The van der Waals surface area contributed by atoms with Crippen molar-refractivity contribution in [1.82, 2.24) is 14.8 Å². The summed E-state index contributed by atoms with van der Waals surface area (Å²) in [6, 6.07) is 8.11. The Labute approximate surface area is 144 Å². The molecule has 134 valence electrons. The molecule has 0 aliphatic carbocycles. The van der Waals surface area contributed by atoms with Crippen molar-refractivity contribution >= 4 is 28.8 Å². The summed E-state index contributed by atoms with van der Waals surface area (Å²) in [6.07, 6.45) is -4.14. The molecule has 1 aromatic carbocycles. The van der Waals surface area contributed by atoms with Gasteiger partial charge in [0.05, 0.1) is 11.1 Å². The van der Waals surface area contributed by atoms with Crippen LogP contribution in [0.25, 0.3) is 11.0 Å². The normalized spacial score (nSPS) is 12.4. The predicted octanol–water partition coefficient (Wildman–Crippen LogP) is 2.72. The zero-order valence-electron chi connectivity index (χ0n) is 13.4. The summed E-state index contributed by atoms with van der Waals surface area (Å²) >= 11 is 0. The maximum atomic E-state index is 12.2. The molecule has 3 rings (SSSR count). The lowest BCUT2D eigenvalue weighted by molar-refractivity contribution is -0.274. The van der Waals surface area contributed by atoms with E-state index in [1.54, 1.807) is 13.1 Å². The van der Waals surface area contributed by atoms with Crippen molar-refractivity contribution in [1.29, 1.82) is 0 Å². The van der Waals surface area contributed by atoms with Crippen LogP contribution in [0.2, 0.25) is 0 Å². The lowest BCUT2D eigenvalue weighted by Gasteiger charge is -2.08. The highest BCUT2D eigenvalue weighted by atomic mass is 19.4. The number of nitrogens with two attached hydrogens (primary N) is 1. The quantitative estimate of drug-likeness (QED) is 0.437. The van der Waals surface area contributed by atoms with Gasteiger partial charge in [-0.05, 0) is 36.4 Å². The van der Waals surface area contributed by atoms with Crippen LogP contribution in [0.15, 0.2) is 41.4 Å². The van der Waals surface area contributed by atoms with Crippen molar-refractivity contribution in [3.63, 3.8) is 0 Å². The van der Waals surface area contributed by atoms with E-state index < -0.39 is 6.36 Å². The molecule has 0 saturated heterocycles. The summed E-state index contributed by atoms with van der Waals surface area (Å²) in [5, 5.41) is 4.83. The lowest BCUT2D eigenvalue weighted by Crippen LogP contribution is -2.17. The lowest BCUT2D eigenvalue weighted by atomic mass is 10.2. The Bertz CT molecular complexity index is 994. The number of fused-ring (bicyclic) bond motifs is 1. The molecule has 0 saturated carbocycles. The number of hydrogen-bond acceptors (Lipinski definition) is 5. The van der Waals surface area contributed by atoms with E-state index in [9.17, 15) is 18.0 Å². The third-order valence-corrected chi connectivity index (χ3v) is 3.39. The zero-order valence-corrected chi connectivity index (χ0v) is 13.4. The van der Waals surface area contributed by atoms with Crippen molar-refractivity contribution in [2.75, 3.05) is 0 Å². The molecule has 0 radical (unpaired) electrons. The maximum absolute atomic E-state index is 12.2. The first-order valence-corrected chi connectivity index (χ1v) is 7.26. The van der Waals surface area contributed by atoms with Crippen LogP contribution in [0.1, 0.15) is 16.2 Å². The predicted molar refractivity (Wildman–Crippen MR) is 87.4 cm³/mol. The number of carbonyl (C=O) groups excluding carboxylic acids is 1. The third-order valence-electron chi connectivity index (χ3n) is 3.39. The number of rotatable bonds is 4. The minimum absolute atomic E-state index is 0.0562. The van der Waals surface area contributed by atoms with Crippen LogP contribution in [0.3, 0.4) is 0 Å². The number of alkyl halides is 3. The van der Waals surface area contributed by atoms with Crippen LogP contribution in [0.5, 0.6) is 5.75 Å². The Morgan fingerprint density at radius 2 is 1.92 bits per heavy atom. The molecule has 2 N–H and O–H groups in total. The number of carbonyl (C=O) groups is 1. The van der Waals surface area contributed by atoms with Gasteiger partial charge in [-0.15, -0.1) is 13.2 Å². The van der Waals surface area contributed by atoms with Gasteiger partial charge in [0.25, 0.3) is 0 Å². The molecule has 0 bridgehead atoms. The number of halogens is 3. The Hall–Kier alpha value is -3.43. The molecular weight excluding hydrogens is 351 g/mol. The number of aldehydes is 1. The third kappa shape index (κ3) is 3.63. The van der Waals surface area contributed by atoms with Gasteiger partial charge in [-0.2, -0.15) is 5.10 Å². The molecule has 3 aromatic rings. The Morgan fingerprint density at radius 1 is 1.23 bits per heavy atom. The summed E-state index contributed by atoms with van der Waals surface area (Å²) in [4.78, 5) is 19.1. The Kier molecular flexibility index (Phi) is 4.33. The average Bonchev–Trinajstić information content (AvgIpc) is 2.92. The van der Waals surface area contributed by atoms with Crippen LogP contribution in [-0.4, -0.2) is 33.2 Å². The Balaban J connectivity index is 1.92. The summed E-state index contributed by atoms with van der Waals surface area (Å²) in [6.45, 7) is 0. The second-order valence-electron chi connectivity index (χ2n) is 5.24. The number of aromatic nitrogens is 3. The fraction of sp³-hybridized carbons (Fsp3) is 0.125. The van der Waals surface area contributed by atoms with Gasteiger partial charge in [0.2, 0.25) is 0 Å². The average molecular weight is 363 g/mol. The van der Waals surface area contributed by atoms with Gasteiger partial charge in [-0.1, -0.05) is 0 Å². The molecule has 0 atom stereocenters. The molecule has 0 aliphatic rings. The largest absolute Gasteiger partial charge is 0.573 e. The van der Waals surface area contributed by atoms with E-state index in [2.05, 4.69) is 19.8 Å². The van der Waals surface area contributed by atoms with E-state index in [1.807, 2.05) is 0 Å². The monoisotopic (exact) mass is 363 g/mol. The van der Waals surface area contributed by atoms with Gasteiger partial charge in [0.1, 0.15) is 17.1 Å². The first kappa shape index (κ1) is 17.4. The van der Waals surface area contributed by atoms with Crippen molar-refractivity contribution < 1.29 is 22.7 Å². The van der Waals surface area contributed by atoms with Crippen LogP contribution < -0.4 is 10.5 Å². The minimum atomic E-state index is -4.76. The topological polar surface area (TPSA) is 95.4 Å². The zero-order chi connectivity index (χ0) is 18.9. The minimum Gasteiger partial charge on any atom is -0.406 e. The molecule has 0 fully saturated rings. The van der Waals surface area contributed by atoms with E-state index in [-0.39, 0.29) is 17.3 Å². The molecule has 0 amide bonds. The fourth-order valence-corrected chi connectivity index (χ4v) is 2.31. The molecule has 0 aliphatic heterocycles. The number of pyridine rings is 1. The van der Waals surface area contributed by atoms with E-state index >= 15 is 0 Å². The number of hydrogen-bond donors (Lipinski definition) is 1. The molecule has 26 heavy (non-hydrogen) atoms. The van der Waals surface area contributed by atoms with Gasteiger partial charge < -0.3 is 10.5 Å². The molecule has 0 unspecified atom stereocenters. The number of benzene rings is 1. The first-order valence-electron chi connectivity index (χ1n) is 7.26. The highest BCUT2D eigenvalue weighted by Gasteiger charge is 2.30. The van der Waals surface area contributed by atoms with E-state index in [4.69, 9.17) is 5.73 Å². The van der Waals surface area contributed by atoms with Gasteiger partial charge >= 0.3 is 6.36 Å². The highest BCUT2D eigenvalue weighted by Crippen LogP contribution is 2.25. The van der Waals surface area contributed by atoms with Crippen LogP contribution in [0.4, 0.5) is 18.9 Å². The Morgan fingerprint density at radius 3 is 2.54 bits per heavy atom. The van der Waals surface area contributed by atoms with Crippen molar-refractivity contribution in [2.24, 2.45) is 17.8 Å². The fourth-order valence-electron chi connectivity index (χ4n) is 2.31. The highest BCUT2D eigenvalue weighted by molar-refractivity contribution is 6.07. The van der Waals surface area contributed by atoms with Crippen molar-refractivity contribution in [3.05, 3.63) is 47.8 Å². The second-order valence-corrected chi connectivity index (χ2v) is 5.24. The molecule has 2 heterocycles. The summed E-state index contributed by atoms with van der Waals surface area (Å²) in [5.74, 6) is -0.301. The van der Waals surface area contributed by atoms with E-state index in [1.165, 1.54) is 22.9 Å². The smallest absolute Gasteiger partial charge is 0.406 e. The van der Waals surface area contributed by atoms with E-state index in [0.717, 1.165) is 12.1 Å². The molecule has 10 heteroatoms. The van der Waals surface area contributed by atoms with Crippen molar-refractivity contribution in [3.8, 4) is 5.75 Å². The number of aliphatic imine (C=N–C) groups is 1. The summed E-state index contributed by atoms with van der Waals surface area (Å²) in [7, 11) is 1.64. The van der Waals surface area contributed by atoms with E-state index in [0.29, 0.717) is 28.7 Å². The van der Waals surface area contributed by atoms with Gasteiger partial charge in [-0.25, -0.2) is 14.7 Å². The standard InChI is InChI=1S/C16H12F3N5O2/c1-24-15-12(7-4-10(8-25)22-15)13(23-24)14(20)21-9-2-5-11(6-3-9)26-16(17,18)19/h2-8H,1H3,(H2,20,21). The van der Waals surface area contributed by atoms with Gasteiger partial charge in [0.15, 0.2) is 17.8 Å². The molecule has 2 aromatic heterocycles. The van der Waals surface area contributed by atoms with Gasteiger partial charge in [0, 0.05) is 7.05 Å². The number of ether oxygens (including phenoxy) is 1. The molecular formula is C16H12F3N5O2. The van der Waals surface area contributed by atoms with Crippen LogP contribution in [0, 0.1) is 0 Å². The number of aryl methyl sites for hydroxylation is 1. The molecule has 0 spiro atoms. The summed E-state index contributed by atoms with van der Waals surface area (Å²) in [5.41, 5.74) is 7.37. The number of nitrogens with zero attached hydrogens (tertiary/aromatic N) is 4. The maximum Gasteiger partial charge on any atom is 0.573 e. The van der Waals surface area contributed by atoms with Gasteiger partial charge in [-0.3, -0.25) is 4.79 Å². The summed E-state index contributed by atoms with van der Waals surface area (Å²) < 4.78 is 41.8. The van der Waals surface area contributed by atoms with Crippen LogP contribution >= 0.6 is 0 Å².